The fraction of sp³-hybridized carbons (Fsp3) is 0.643. The lowest BCUT2D eigenvalue weighted by atomic mass is 10.0. The minimum absolute atomic E-state index is 0.345. The van der Waals surface area contributed by atoms with Gasteiger partial charge in [-0.2, -0.15) is 0 Å². The SMILES string of the molecule is CC(C)CCCC(C)NCc1cc(C(N)=O)cs1. The van der Waals surface area contributed by atoms with Gasteiger partial charge in [0, 0.05) is 22.8 Å². The predicted octanol–water partition coefficient (Wildman–Crippen LogP) is 3.15. The number of rotatable bonds is 8. The van der Waals surface area contributed by atoms with E-state index in [-0.39, 0.29) is 5.91 Å². The van der Waals surface area contributed by atoms with E-state index < -0.39 is 0 Å². The molecule has 0 radical (unpaired) electrons. The molecule has 4 heteroatoms. The van der Waals surface area contributed by atoms with E-state index in [0.717, 1.165) is 12.5 Å². The summed E-state index contributed by atoms with van der Waals surface area (Å²) in [5.41, 5.74) is 5.84. The van der Waals surface area contributed by atoms with E-state index in [1.165, 1.54) is 24.1 Å². The molecule has 1 amide bonds. The Morgan fingerprint density at radius 1 is 1.39 bits per heavy atom. The summed E-state index contributed by atoms with van der Waals surface area (Å²) in [5, 5.41) is 5.31. The summed E-state index contributed by atoms with van der Waals surface area (Å²) in [6.07, 6.45) is 3.76. The van der Waals surface area contributed by atoms with Crippen molar-refractivity contribution in [2.24, 2.45) is 11.7 Å². The van der Waals surface area contributed by atoms with Crippen LogP contribution >= 0.6 is 11.3 Å². The van der Waals surface area contributed by atoms with Crippen molar-refractivity contribution in [1.82, 2.24) is 5.32 Å². The third kappa shape index (κ3) is 5.65. The molecule has 0 aromatic carbocycles. The lowest BCUT2D eigenvalue weighted by Crippen LogP contribution is -2.25. The summed E-state index contributed by atoms with van der Waals surface area (Å²) in [6, 6.07) is 2.39. The Morgan fingerprint density at radius 2 is 2.11 bits per heavy atom. The van der Waals surface area contributed by atoms with E-state index in [2.05, 4.69) is 26.1 Å². The van der Waals surface area contributed by atoms with Gasteiger partial charge in [0.2, 0.25) is 5.91 Å². The topological polar surface area (TPSA) is 55.1 Å². The van der Waals surface area contributed by atoms with E-state index in [0.29, 0.717) is 11.6 Å². The summed E-state index contributed by atoms with van der Waals surface area (Å²) in [5.74, 6) is 0.440. The Hall–Kier alpha value is -0.870. The molecule has 0 fully saturated rings. The molecule has 0 saturated heterocycles. The normalized spacial score (nSPS) is 12.9. The highest BCUT2D eigenvalue weighted by molar-refractivity contribution is 7.10. The summed E-state index contributed by atoms with van der Waals surface area (Å²) in [7, 11) is 0. The van der Waals surface area contributed by atoms with Gasteiger partial charge in [-0.15, -0.1) is 11.3 Å². The highest BCUT2D eigenvalue weighted by Crippen LogP contribution is 2.15. The second-order valence-corrected chi connectivity index (χ2v) is 6.27. The molecule has 1 unspecified atom stereocenters. The van der Waals surface area contributed by atoms with Crippen LogP contribution in [0.4, 0.5) is 0 Å². The van der Waals surface area contributed by atoms with Crippen LogP contribution in [0, 0.1) is 5.92 Å². The number of amides is 1. The minimum atomic E-state index is -0.345. The zero-order chi connectivity index (χ0) is 13.5. The molecular weight excluding hydrogens is 244 g/mol. The largest absolute Gasteiger partial charge is 0.366 e. The lowest BCUT2D eigenvalue weighted by molar-refractivity contribution is 0.100. The first-order valence-corrected chi connectivity index (χ1v) is 7.47. The van der Waals surface area contributed by atoms with Crippen LogP contribution in [0.2, 0.25) is 0 Å². The van der Waals surface area contributed by atoms with Gasteiger partial charge in [0.25, 0.3) is 0 Å². The summed E-state index contributed by atoms with van der Waals surface area (Å²) in [4.78, 5) is 12.1. The van der Waals surface area contributed by atoms with Gasteiger partial charge in [0.05, 0.1) is 5.56 Å². The minimum Gasteiger partial charge on any atom is -0.366 e. The molecule has 102 valence electrons. The zero-order valence-electron chi connectivity index (χ0n) is 11.5. The van der Waals surface area contributed by atoms with Crippen LogP contribution in [0.15, 0.2) is 11.4 Å². The molecule has 0 bridgehead atoms. The fourth-order valence-corrected chi connectivity index (χ4v) is 2.64. The molecule has 3 N–H and O–H groups in total. The van der Waals surface area contributed by atoms with E-state index in [9.17, 15) is 4.79 Å². The average molecular weight is 268 g/mol. The van der Waals surface area contributed by atoms with E-state index in [4.69, 9.17) is 5.73 Å². The van der Waals surface area contributed by atoms with Gasteiger partial charge in [-0.1, -0.05) is 26.7 Å². The molecule has 3 nitrogen and oxygen atoms in total. The Balaban J connectivity index is 2.24. The maximum Gasteiger partial charge on any atom is 0.249 e. The molecule has 1 atom stereocenters. The van der Waals surface area contributed by atoms with E-state index >= 15 is 0 Å². The second kappa shape index (κ2) is 7.54. The van der Waals surface area contributed by atoms with Gasteiger partial charge in [0.1, 0.15) is 0 Å². The number of carbonyl (C=O) groups excluding carboxylic acids is 1. The van der Waals surface area contributed by atoms with Crippen molar-refractivity contribution in [3.05, 3.63) is 21.9 Å². The molecule has 1 aromatic rings. The number of nitrogens with two attached hydrogens (primary N) is 1. The first kappa shape index (κ1) is 15.2. The van der Waals surface area contributed by atoms with E-state index in [1.807, 2.05) is 11.4 Å². The number of nitrogens with one attached hydrogen (secondary N) is 1. The molecule has 18 heavy (non-hydrogen) atoms. The van der Waals surface area contributed by atoms with Crippen LogP contribution in [0.3, 0.4) is 0 Å². The van der Waals surface area contributed by atoms with Crippen molar-refractivity contribution in [3.8, 4) is 0 Å². The quantitative estimate of drug-likeness (QED) is 0.761. The third-order valence-corrected chi connectivity index (χ3v) is 3.92. The van der Waals surface area contributed by atoms with Crippen molar-refractivity contribution >= 4 is 17.2 Å². The van der Waals surface area contributed by atoms with Gasteiger partial charge < -0.3 is 11.1 Å². The number of primary amides is 1. The van der Waals surface area contributed by atoms with Gasteiger partial charge in [-0.05, 0) is 25.3 Å². The summed E-state index contributed by atoms with van der Waals surface area (Å²) < 4.78 is 0. The summed E-state index contributed by atoms with van der Waals surface area (Å²) in [6.45, 7) is 7.55. The van der Waals surface area contributed by atoms with Gasteiger partial charge in [-0.3, -0.25) is 4.79 Å². The number of hydrogen-bond donors (Lipinski definition) is 2. The molecule has 0 aliphatic heterocycles. The molecule has 0 spiro atoms. The fourth-order valence-electron chi connectivity index (χ4n) is 1.81. The van der Waals surface area contributed by atoms with Crippen molar-refractivity contribution in [3.63, 3.8) is 0 Å². The molecular formula is C14H24N2OS. The summed E-state index contributed by atoms with van der Waals surface area (Å²) >= 11 is 1.59. The Morgan fingerprint density at radius 3 is 2.67 bits per heavy atom. The molecule has 1 aromatic heterocycles. The van der Waals surface area contributed by atoms with Crippen LogP contribution in [-0.4, -0.2) is 11.9 Å². The second-order valence-electron chi connectivity index (χ2n) is 5.27. The van der Waals surface area contributed by atoms with Crippen molar-refractivity contribution in [1.29, 1.82) is 0 Å². The van der Waals surface area contributed by atoms with Gasteiger partial charge >= 0.3 is 0 Å². The highest BCUT2D eigenvalue weighted by atomic mass is 32.1. The van der Waals surface area contributed by atoms with Gasteiger partial charge in [0.15, 0.2) is 0 Å². The number of thiophene rings is 1. The van der Waals surface area contributed by atoms with Crippen molar-refractivity contribution in [2.45, 2.75) is 52.6 Å². The molecule has 0 saturated carbocycles. The van der Waals surface area contributed by atoms with Gasteiger partial charge in [-0.25, -0.2) is 0 Å². The molecule has 1 rings (SSSR count). The standard InChI is InChI=1S/C14H24N2OS/c1-10(2)5-4-6-11(3)16-8-13-7-12(9-18-13)14(15)17/h7,9-11,16H,4-6,8H2,1-3H3,(H2,15,17). The van der Waals surface area contributed by atoms with Crippen molar-refractivity contribution in [2.75, 3.05) is 0 Å². The average Bonchev–Trinajstić information content (AvgIpc) is 2.74. The third-order valence-electron chi connectivity index (χ3n) is 2.98. The molecule has 0 aliphatic carbocycles. The Labute approximate surface area is 114 Å². The van der Waals surface area contributed by atoms with E-state index in [1.54, 1.807) is 11.3 Å². The number of carbonyl (C=O) groups is 1. The monoisotopic (exact) mass is 268 g/mol. The van der Waals surface area contributed by atoms with Crippen LogP contribution in [-0.2, 0) is 6.54 Å². The smallest absolute Gasteiger partial charge is 0.249 e. The predicted molar refractivity (Wildman–Crippen MR) is 77.8 cm³/mol. The first-order valence-electron chi connectivity index (χ1n) is 6.59. The first-order chi connectivity index (χ1) is 8.49. The van der Waals surface area contributed by atoms with Crippen LogP contribution in [0.25, 0.3) is 0 Å². The van der Waals surface area contributed by atoms with Crippen LogP contribution < -0.4 is 11.1 Å². The molecule has 0 aliphatic rings. The van der Waals surface area contributed by atoms with Crippen LogP contribution in [0.1, 0.15) is 55.3 Å². The number of hydrogen-bond acceptors (Lipinski definition) is 3. The molecule has 1 heterocycles. The lowest BCUT2D eigenvalue weighted by Gasteiger charge is -2.13. The Kier molecular flexibility index (Phi) is 6.36. The van der Waals surface area contributed by atoms with Crippen molar-refractivity contribution < 1.29 is 4.79 Å². The van der Waals surface area contributed by atoms with Crippen LogP contribution in [0.5, 0.6) is 0 Å². The maximum absolute atomic E-state index is 11.0. The zero-order valence-corrected chi connectivity index (χ0v) is 12.3. The Bertz CT molecular complexity index is 374. The maximum atomic E-state index is 11.0. The highest BCUT2D eigenvalue weighted by Gasteiger charge is 2.06.